The Balaban J connectivity index is 2.88. The maximum Gasteiger partial charge on any atom is 0.250 e. The van der Waals surface area contributed by atoms with Gasteiger partial charge in [0.2, 0.25) is 0 Å². The van der Waals surface area contributed by atoms with Crippen LogP contribution in [-0.4, -0.2) is 35.0 Å². The molecule has 5 nitrogen and oxygen atoms in total. The molecule has 0 saturated heterocycles. The van der Waals surface area contributed by atoms with Crippen LogP contribution in [0.5, 0.6) is 0 Å². The summed E-state index contributed by atoms with van der Waals surface area (Å²) in [6, 6.07) is 1.03. The van der Waals surface area contributed by atoms with Gasteiger partial charge in [-0.3, -0.25) is 0 Å². The summed E-state index contributed by atoms with van der Waals surface area (Å²) in [4.78, 5) is 0. The minimum absolute atomic E-state index is 0.183. The van der Waals surface area contributed by atoms with Gasteiger partial charge >= 0.3 is 0 Å². The van der Waals surface area contributed by atoms with E-state index in [-0.39, 0.29) is 4.21 Å². The molecule has 1 heterocycles. The van der Waals surface area contributed by atoms with Gasteiger partial charge in [0.15, 0.2) is 6.29 Å². The molecule has 1 N–H and O–H groups in total. The third kappa shape index (κ3) is 3.66. The van der Waals surface area contributed by atoms with E-state index in [2.05, 4.69) is 4.72 Å². The van der Waals surface area contributed by atoms with Crippen molar-refractivity contribution in [3.05, 3.63) is 16.0 Å². The van der Waals surface area contributed by atoms with Crippen molar-refractivity contribution in [3.8, 4) is 0 Å². The Bertz CT molecular complexity index is 476. The van der Waals surface area contributed by atoms with Crippen LogP contribution in [0, 0.1) is 6.92 Å². The Kier molecular flexibility index (Phi) is 5.57. The molecule has 0 aromatic carbocycles. The van der Waals surface area contributed by atoms with Crippen molar-refractivity contribution in [1.29, 1.82) is 0 Å². The standard InChI is InChI=1S/C10H16ClNO4S2/c1-6-5-8(17-9(6)11)18(13,14)12-7(2)10(15-3)16-4/h5,7,10,12H,1-4H3. The number of rotatable bonds is 6. The summed E-state index contributed by atoms with van der Waals surface area (Å²) in [6.45, 7) is 3.42. The van der Waals surface area contributed by atoms with E-state index < -0.39 is 22.4 Å². The van der Waals surface area contributed by atoms with Crippen LogP contribution in [-0.2, 0) is 19.5 Å². The molecule has 0 aliphatic heterocycles. The summed E-state index contributed by atoms with van der Waals surface area (Å²) in [7, 11) is -0.703. The van der Waals surface area contributed by atoms with Crippen LogP contribution in [0.15, 0.2) is 10.3 Å². The summed E-state index contributed by atoms with van der Waals surface area (Å²) in [5, 5.41) is 0. The number of halogens is 1. The van der Waals surface area contributed by atoms with Crippen LogP contribution in [0.25, 0.3) is 0 Å². The molecule has 18 heavy (non-hydrogen) atoms. The fraction of sp³-hybridized carbons (Fsp3) is 0.600. The third-order valence-electron chi connectivity index (χ3n) is 2.31. The molecular weight excluding hydrogens is 298 g/mol. The molecule has 0 aliphatic carbocycles. The van der Waals surface area contributed by atoms with Gasteiger partial charge in [0.05, 0.1) is 10.4 Å². The highest BCUT2D eigenvalue weighted by Crippen LogP contribution is 2.30. The molecule has 1 aromatic heterocycles. The summed E-state index contributed by atoms with van der Waals surface area (Å²) in [5.74, 6) is 0. The van der Waals surface area contributed by atoms with E-state index in [0.29, 0.717) is 4.34 Å². The third-order valence-corrected chi connectivity index (χ3v) is 5.90. The van der Waals surface area contributed by atoms with E-state index in [1.165, 1.54) is 20.3 Å². The molecule has 0 bridgehead atoms. The Morgan fingerprint density at radius 3 is 2.33 bits per heavy atom. The number of thiophene rings is 1. The Labute approximate surface area is 116 Å². The van der Waals surface area contributed by atoms with Crippen LogP contribution in [0.2, 0.25) is 4.34 Å². The van der Waals surface area contributed by atoms with Gasteiger partial charge in [-0.15, -0.1) is 11.3 Å². The van der Waals surface area contributed by atoms with Crippen LogP contribution in [0.3, 0.4) is 0 Å². The van der Waals surface area contributed by atoms with Crippen LogP contribution < -0.4 is 4.72 Å². The van der Waals surface area contributed by atoms with Crippen molar-refractivity contribution in [3.63, 3.8) is 0 Å². The van der Waals surface area contributed by atoms with E-state index >= 15 is 0 Å². The average molecular weight is 314 g/mol. The predicted molar refractivity (Wildman–Crippen MR) is 71.7 cm³/mol. The molecular formula is C10H16ClNO4S2. The first kappa shape index (κ1) is 15.9. The monoisotopic (exact) mass is 313 g/mol. The first-order valence-corrected chi connectivity index (χ1v) is 7.83. The molecule has 0 spiro atoms. The van der Waals surface area contributed by atoms with Gasteiger partial charge in [-0.25, -0.2) is 13.1 Å². The minimum Gasteiger partial charge on any atom is -0.354 e. The smallest absolute Gasteiger partial charge is 0.250 e. The van der Waals surface area contributed by atoms with Crippen molar-refractivity contribution in [2.75, 3.05) is 14.2 Å². The maximum absolute atomic E-state index is 12.1. The van der Waals surface area contributed by atoms with Crippen molar-refractivity contribution < 1.29 is 17.9 Å². The van der Waals surface area contributed by atoms with E-state index in [4.69, 9.17) is 21.1 Å². The lowest BCUT2D eigenvalue weighted by atomic mass is 10.3. The van der Waals surface area contributed by atoms with Crippen molar-refractivity contribution in [2.24, 2.45) is 0 Å². The minimum atomic E-state index is -3.60. The number of aryl methyl sites for hydroxylation is 1. The van der Waals surface area contributed by atoms with Crippen LogP contribution >= 0.6 is 22.9 Å². The van der Waals surface area contributed by atoms with Gasteiger partial charge in [0.25, 0.3) is 10.0 Å². The van der Waals surface area contributed by atoms with Crippen molar-refractivity contribution in [2.45, 2.75) is 30.4 Å². The van der Waals surface area contributed by atoms with Gasteiger partial charge in [-0.05, 0) is 25.5 Å². The normalized spacial score (nSPS) is 14.1. The molecule has 1 unspecified atom stereocenters. The SMILES string of the molecule is COC(OC)C(C)NS(=O)(=O)c1cc(C)c(Cl)s1. The van der Waals surface area contributed by atoms with Gasteiger partial charge in [0.1, 0.15) is 4.21 Å². The Morgan fingerprint density at radius 1 is 1.39 bits per heavy atom. The zero-order valence-electron chi connectivity index (χ0n) is 10.6. The molecule has 0 aliphatic rings. The number of sulfonamides is 1. The maximum atomic E-state index is 12.1. The second-order valence-electron chi connectivity index (χ2n) is 3.77. The second kappa shape index (κ2) is 6.31. The average Bonchev–Trinajstić information content (AvgIpc) is 2.61. The molecule has 0 amide bonds. The Morgan fingerprint density at radius 2 is 1.94 bits per heavy atom. The number of ether oxygens (including phenoxy) is 2. The van der Waals surface area contributed by atoms with E-state index in [0.717, 1.165) is 16.9 Å². The lowest BCUT2D eigenvalue weighted by Crippen LogP contribution is -2.42. The fourth-order valence-electron chi connectivity index (χ4n) is 1.43. The quantitative estimate of drug-likeness (QED) is 0.816. The highest BCUT2D eigenvalue weighted by Gasteiger charge is 2.25. The second-order valence-corrected chi connectivity index (χ2v) is 7.37. The molecule has 8 heteroatoms. The van der Waals surface area contributed by atoms with Gasteiger partial charge in [0, 0.05) is 14.2 Å². The Hall–Kier alpha value is -0.180. The largest absolute Gasteiger partial charge is 0.354 e. The molecule has 0 saturated carbocycles. The molecule has 0 radical (unpaired) electrons. The number of methoxy groups -OCH3 is 2. The summed E-state index contributed by atoms with van der Waals surface area (Å²) >= 11 is 6.89. The predicted octanol–water partition coefficient (Wildman–Crippen LogP) is 2.00. The molecule has 1 aromatic rings. The molecule has 1 atom stereocenters. The van der Waals surface area contributed by atoms with Crippen LogP contribution in [0.4, 0.5) is 0 Å². The van der Waals surface area contributed by atoms with E-state index in [9.17, 15) is 8.42 Å². The number of nitrogens with one attached hydrogen (secondary N) is 1. The summed E-state index contributed by atoms with van der Waals surface area (Å²) in [5.41, 5.74) is 0.740. The lowest BCUT2D eigenvalue weighted by molar-refractivity contribution is -0.115. The van der Waals surface area contributed by atoms with Gasteiger partial charge < -0.3 is 9.47 Å². The van der Waals surface area contributed by atoms with Gasteiger partial charge in [-0.1, -0.05) is 11.6 Å². The van der Waals surface area contributed by atoms with Crippen LogP contribution in [0.1, 0.15) is 12.5 Å². The lowest BCUT2D eigenvalue weighted by Gasteiger charge is -2.21. The first-order chi connectivity index (χ1) is 8.31. The van der Waals surface area contributed by atoms with E-state index in [1.54, 1.807) is 13.8 Å². The van der Waals surface area contributed by atoms with Gasteiger partial charge in [-0.2, -0.15) is 0 Å². The van der Waals surface area contributed by atoms with Crippen molar-refractivity contribution in [1.82, 2.24) is 4.72 Å². The van der Waals surface area contributed by atoms with E-state index in [1.807, 2.05) is 0 Å². The highest BCUT2D eigenvalue weighted by molar-refractivity contribution is 7.91. The number of hydrogen-bond acceptors (Lipinski definition) is 5. The zero-order valence-corrected chi connectivity index (χ0v) is 12.9. The number of hydrogen-bond donors (Lipinski definition) is 1. The topological polar surface area (TPSA) is 64.6 Å². The molecule has 104 valence electrons. The summed E-state index contributed by atoms with van der Waals surface area (Å²) in [6.07, 6.45) is -0.642. The molecule has 0 fully saturated rings. The molecule has 1 rings (SSSR count). The fourth-order valence-corrected chi connectivity index (χ4v) is 4.38. The highest BCUT2D eigenvalue weighted by atomic mass is 35.5. The first-order valence-electron chi connectivity index (χ1n) is 5.15. The summed E-state index contributed by atoms with van der Waals surface area (Å²) < 4.78 is 37.3. The van der Waals surface area contributed by atoms with Crippen molar-refractivity contribution >= 4 is 33.0 Å². The zero-order chi connectivity index (χ0) is 13.9.